The summed E-state index contributed by atoms with van der Waals surface area (Å²) in [5.41, 5.74) is 1.65. The van der Waals surface area contributed by atoms with E-state index in [0.29, 0.717) is 12.0 Å². The van der Waals surface area contributed by atoms with Gasteiger partial charge < -0.3 is 10.1 Å². The molecule has 2 atom stereocenters. The molecule has 19 heavy (non-hydrogen) atoms. The van der Waals surface area contributed by atoms with Crippen LogP contribution in [0.5, 0.6) is 0 Å². The number of rotatable bonds is 6. The summed E-state index contributed by atoms with van der Waals surface area (Å²) in [7, 11) is 0. The number of benzene rings is 1. The summed E-state index contributed by atoms with van der Waals surface area (Å²) in [4.78, 5) is 0. The van der Waals surface area contributed by atoms with Crippen molar-refractivity contribution in [2.24, 2.45) is 5.92 Å². The van der Waals surface area contributed by atoms with Crippen LogP contribution in [-0.2, 0) is 10.2 Å². The Balaban J connectivity index is 1.81. The van der Waals surface area contributed by atoms with Crippen molar-refractivity contribution in [3.63, 3.8) is 0 Å². The molecule has 0 aliphatic carbocycles. The zero-order valence-electron chi connectivity index (χ0n) is 12.5. The summed E-state index contributed by atoms with van der Waals surface area (Å²) in [5.74, 6) is 0.710. The van der Waals surface area contributed by atoms with Gasteiger partial charge in [-0.25, -0.2) is 0 Å². The van der Waals surface area contributed by atoms with Crippen molar-refractivity contribution >= 4 is 0 Å². The highest BCUT2D eigenvalue weighted by molar-refractivity contribution is 5.23. The molecule has 1 aromatic carbocycles. The Hall–Kier alpha value is -0.860. The Morgan fingerprint density at radius 3 is 2.68 bits per heavy atom. The predicted molar refractivity (Wildman–Crippen MR) is 80.5 cm³/mol. The van der Waals surface area contributed by atoms with Gasteiger partial charge in [0.05, 0.1) is 6.61 Å². The van der Waals surface area contributed by atoms with Crippen molar-refractivity contribution in [1.29, 1.82) is 0 Å². The minimum atomic E-state index is 0.222. The quantitative estimate of drug-likeness (QED) is 0.847. The van der Waals surface area contributed by atoms with Crippen LogP contribution in [0, 0.1) is 5.92 Å². The highest BCUT2D eigenvalue weighted by Crippen LogP contribution is 2.28. The van der Waals surface area contributed by atoms with E-state index in [1.807, 2.05) is 0 Å². The molecule has 0 amide bonds. The van der Waals surface area contributed by atoms with Gasteiger partial charge in [0.15, 0.2) is 0 Å². The first-order valence-corrected chi connectivity index (χ1v) is 7.44. The molecule has 1 saturated heterocycles. The molecular weight excluding hydrogens is 234 g/mol. The summed E-state index contributed by atoms with van der Waals surface area (Å²) in [5, 5.41) is 3.67. The van der Waals surface area contributed by atoms with Gasteiger partial charge in [-0.2, -0.15) is 0 Å². The monoisotopic (exact) mass is 261 g/mol. The van der Waals surface area contributed by atoms with Crippen molar-refractivity contribution in [2.75, 3.05) is 19.8 Å². The smallest absolute Gasteiger partial charge is 0.0507 e. The molecule has 1 heterocycles. The van der Waals surface area contributed by atoms with Gasteiger partial charge in [0.25, 0.3) is 0 Å². The molecule has 1 aromatic rings. The average Bonchev–Trinajstić information content (AvgIpc) is 2.90. The Morgan fingerprint density at radius 1 is 1.32 bits per heavy atom. The first kappa shape index (κ1) is 14.5. The summed E-state index contributed by atoms with van der Waals surface area (Å²) in [6.45, 7) is 9.92. The maximum absolute atomic E-state index is 5.42. The molecule has 1 N–H and O–H groups in total. The molecular formula is C17H27NO. The van der Waals surface area contributed by atoms with Crippen LogP contribution in [0.4, 0.5) is 0 Å². The number of hydrogen-bond acceptors (Lipinski definition) is 2. The SMILES string of the molecule is CC(CC(C)(C)c1ccccc1)NCC1CCOC1. The third-order valence-electron chi connectivity index (χ3n) is 4.15. The first-order valence-electron chi connectivity index (χ1n) is 7.44. The maximum Gasteiger partial charge on any atom is 0.0507 e. The van der Waals surface area contributed by atoms with Gasteiger partial charge in [-0.15, -0.1) is 0 Å². The maximum atomic E-state index is 5.42. The molecule has 2 rings (SSSR count). The van der Waals surface area contributed by atoms with Crippen molar-refractivity contribution in [2.45, 2.75) is 45.1 Å². The topological polar surface area (TPSA) is 21.3 Å². The van der Waals surface area contributed by atoms with E-state index in [4.69, 9.17) is 4.74 Å². The molecule has 106 valence electrons. The van der Waals surface area contributed by atoms with E-state index in [9.17, 15) is 0 Å². The molecule has 2 heteroatoms. The van der Waals surface area contributed by atoms with Crippen LogP contribution in [0.25, 0.3) is 0 Å². The highest BCUT2D eigenvalue weighted by atomic mass is 16.5. The average molecular weight is 261 g/mol. The molecule has 2 nitrogen and oxygen atoms in total. The summed E-state index contributed by atoms with van der Waals surface area (Å²) < 4.78 is 5.42. The van der Waals surface area contributed by atoms with Gasteiger partial charge in [0, 0.05) is 19.2 Å². The lowest BCUT2D eigenvalue weighted by Gasteiger charge is -2.29. The fourth-order valence-corrected chi connectivity index (χ4v) is 2.96. The molecule has 1 aliphatic rings. The third kappa shape index (κ3) is 4.32. The Labute approximate surface area is 117 Å². The fourth-order valence-electron chi connectivity index (χ4n) is 2.96. The number of hydrogen-bond donors (Lipinski definition) is 1. The lowest BCUT2D eigenvalue weighted by molar-refractivity contribution is 0.184. The molecule has 0 saturated carbocycles. The van der Waals surface area contributed by atoms with E-state index in [0.717, 1.165) is 26.2 Å². The normalized spacial score (nSPS) is 21.5. The second kappa shape index (κ2) is 6.53. The van der Waals surface area contributed by atoms with Gasteiger partial charge >= 0.3 is 0 Å². The molecule has 0 aromatic heterocycles. The van der Waals surface area contributed by atoms with E-state index >= 15 is 0 Å². The Morgan fingerprint density at radius 2 is 2.05 bits per heavy atom. The van der Waals surface area contributed by atoms with Gasteiger partial charge in [0.2, 0.25) is 0 Å². The zero-order chi connectivity index (χ0) is 13.7. The van der Waals surface area contributed by atoms with Crippen LogP contribution in [0.1, 0.15) is 39.2 Å². The lowest BCUT2D eigenvalue weighted by atomic mass is 9.79. The second-order valence-corrected chi connectivity index (χ2v) is 6.49. The fraction of sp³-hybridized carbons (Fsp3) is 0.647. The van der Waals surface area contributed by atoms with Crippen LogP contribution in [0.15, 0.2) is 30.3 Å². The van der Waals surface area contributed by atoms with Crippen LogP contribution in [0.2, 0.25) is 0 Å². The van der Waals surface area contributed by atoms with E-state index in [1.165, 1.54) is 12.0 Å². The van der Waals surface area contributed by atoms with Crippen molar-refractivity contribution in [1.82, 2.24) is 5.32 Å². The van der Waals surface area contributed by atoms with Crippen molar-refractivity contribution in [3.8, 4) is 0 Å². The van der Waals surface area contributed by atoms with E-state index in [1.54, 1.807) is 0 Å². The molecule has 2 unspecified atom stereocenters. The number of nitrogens with one attached hydrogen (secondary N) is 1. The van der Waals surface area contributed by atoms with Gasteiger partial charge in [-0.1, -0.05) is 44.2 Å². The van der Waals surface area contributed by atoms with Crippen molar-refractivity contribution < 1.29 is 4.74 Å². The zero-order valence-corrected chi connectivity index (χ0v) is 12.5. The first-order chi connectivity index (χ1) is 9.08. The van der Waals surface area contributed by atoms with E-state index in [2.05, 4.69) is 56.4 Å². The highest BCUT2D eigenvalue weighted by Gasteiger charge is 2.24. The molecule has 0 radical (unpaired) electrons. The summed E-state index contributed by atoms with van der Waals surface area (Å²) >= 11 is 0. The van der Waals surface area contributed by atoms with E-state index < -0.39 is 0 Å². The summed E-state index contributed by atoms with van der Waals surface area (Å²) in [6.07, 6.45) is 2.37. The largest absolute Gasteiger partial charge is 0.381 e. The van der Waals surface area contributed by atoms with Gasteiger partial charge in [-0.05, 0) is 36.7 Å². The third-order valence-corrected chi connectivity index (χ3v) is 4.15. The van der Waals surface area contributed by atoms with Gasteiger partial charge in [-0.3, -0.25) is 0 Å². The van der Waals surface area contributed by atoms with Crippen LogP contribution >= 0.6 is 0 Å². The Kier molecular flexibility index (Phi) is 5.00. The summed E-state index contributed by atoms with van der Waals surface area (Å²) in [6, 6.07) is 11.3. The minimum absolute atomic E-state index is 0.222. The van der Waals surface area contributed by atoms with Crippen LogP contribution < -0.4 is 5.32 Å². The predicted octanol–water partition coefficient (Wildman–Crippen LogP) is 3.37. The van der Waals surface area contributed by atoms with E-state index in [-0.39, 0.29) is 5.41 Å². The Bertz CT molecular complexity index is 368. The van der Waals surface area contributed by atoms with Crippen LogP contribution in [0.3, 0.4) is 0 Å². The molecule has 1 aliphatic heterocycles. The number of ether oxygens (including phenoxy) is 1. The molecule has 1 fully saturated rings. The minimum Gasteiger partial charge on any atom is -0.381 e. The van der Waals surface area contributed by atoms with Gasteiger partial charge in [0.1, 0.15) is 0 Å². The van der Waals surface area contributed by atoms with Crippen LogP contribution in [-0.4, -0.2) is 25.8 Å². The molecule has 0 bridgehead atoms. The lowest BCUT2D eigenvalue weighted by Crippen LogP contribution is -2.36. The standard InChI is InChI=1S/C17H27NO/c1-14(18-12-15-9-10-19-13-15)11-17(2,3)16-7-5-4-6-8-16/h4-8,14-15,18H,9-13H2,1-3H3. The second-order valence-electron chi connectivity index (χ2n) is 6.49. The van der Waals surface area contributed by atoms with Crippen molar-refractivity contribution in [3.05, 3.63) is 35.9 Å². The molecule has 0 spiro atoms.